The smallest absolute Gasteiger partial charge is 0.275 e. The number of nitrogens with zero attached hydrogens (tertiary/aromatic N) is 1. The Morgan fingerprint density at radius 3 is 2.47 bits per heavy atom. The number of halogens is 1. The third kappa shape index (κ3) is 4.15. The van der Waals surface area contributed by atoms with Gasteiger partial charge in [0.1, 0.15) is 5.75 Å². The first kappa shape index (κ1) is 14.8. The summed E-state index contributed by atoms with van der Waals surface area (Å²) in [4.78, 5) is 10.1. The van der Waals surface area contributed by atoms with E-state index in [0.717, 1.165) is 11.6 Å². The zero-order chi connectivity index (χ0) is 13.0. The lowest BCUT2D eigenvalue weighted by Crippen LogP contribution is -1.99. The van der Waals surface area contributed by atoms with Crippen molar-refractivity contribution in [2.24, 2.45) is 0 Å². The van der Waals surface area contributed by atoms with Crippen LogP contribution in [-0.4, -0.2) is 10.0 Å². The molecule has 19 heavy (non-hydrogen) atoms. The summed E-state index contributed by atoms with van der Waals surface area (Å²) in [6.45, 7) is 0.543. The molecule has 0 saturated carbocycles. The number of nitrogens with one attached hydrogen (secondary N) is 1. The molecule has 0 unspecified atom stereocenters. The fourth-order valence-electron chi connectivity index (χ4n) is 1.60. The Balaban J connectivity index is 0.00000180. The molecule has 0 aliphatic carbocycles. The summed E-state index contributed by atoms with van der Waals surface area (Å²) in [7, 11) is 0. The zero-order valence-corrected chi connectivity index (χ0v) is 10.8. The molecule has 0 spiro atoms. The van der Waals surface area contributed by atoms with Crippen LogP contribution in [0.15, 0.2) is 48.5 Å². The van der Waals surface area contributed by atoms with Gasteiger partial charge in [-0.15, -0.1) is 12.4 Å². The Morgan fingerprint density at radius 1 is 1.16 bits per heavy atom. The Hall–Kier alpha value is -2.27. The maximum absolute atomic E-state index is 10.6. The quantitative estimate of drug-likeness (QED) is 0.665. The number of phenols is 1. The van der Waals surface area contributed by atoms with Crippen LogP contribution in [0.3, 0.4) is 0 Å². The summed E-state index contributed by atoms with van der Waals surface area (Å²) in [5, 5.41) is 23.1. The number of benzene rings is 2. The van der Waals surface area contributed by atoms with Crippen molar-refractivity contribution >= 4 is 23.8 Å². The van der Waals surface area contributed by atoms with E-state index in [1.54, 1.807) is 0 Å². The molecule has 0 aliphatic rings. The first-order chi connectivity index (χ1) is 8.65. The normalized spacial score (nSPS) is 9.47. The van der Waals surface area contributed by atoms with Crippen LogP contribution in [0.25, 0.3) is 0 Å². The van der Waals surface area contributed by atoms with E-state index in [2.05, 4.69) is 5.32 Å². The molecule has 0 heterocycles. The number of aromatic hydroxyl groups is 1. The van der Waals surface area contributed by atoms with E-state index in [1.807, 2.05) is 30.3 Å². The van der Waals surface area contributed by atoms with Crippen LogP contribution in [0.1, 0.15) is 5.56 Å². The monoisotopic (exact) mass is 280 g/mol. The van der Waals surface area contributed by atoms with Gasteiger partial charge in [0.05, 0.1) is 11.0 Å². The molecule has 5 nitrogen and oxygen atoms in total. The van der Waals surface area contributed by atoms with E-state index in [0.29, 0.717) is 12.2 Å². The van der Waals surface area contributed by atoms with Crippen molar-refractivity contribution in [1.82, 2.24) is 0 Å². The van der Waals surface area contributed by atoms with Gasteiger partial charge in [-0.2, -0.15) is 0 Å². The number of hydrogen-bond acceptors (Lipinski definition) is 4. The van der Waals surface area contributed by atoms with Crippen LogP contribution in [0.5, 0.6) is 5.75 Å². The molecule has 0 bridgehead atoms. The molecular formula is C13H13ClN2O3. The van der Waals surface area contributed by atoms with Crippen molar-refractivity contribution in [2.45, 2.75) is 6.54 Å². The standard InChI is InChI=1S/C13H12N2O3.ClH/c16-13-7-11(6-12(8-13)15(17)18)14-9-10-4-2-1-3-5-10;/h1-8,14,16H,9H2;1H. The number of nitro benzene ring substituents is 1. The van der Waals surface area contributed by atoms with Crippen molar-refractivity contribution in [3.63, 3.8) is 0 Å². The largest absolute Gasteiger partial charge is 0.508 e. The number of anilines is 1. The fraction of sp³-hybridized carbons (Fsp3) is 0.0769. The predicted molar refractivity (Wildman–Crippen MR) is 75.8 cm³/mol. The summed E-state index contributed by atoms with van der Waals surface area (Å²) in [5.41, 5.74) is 1.44. The Kier molecular flexibility index (Phi) is 5.14. The summed E-state index contributed by atoms with van der Waals surface area (Å²) < 4.78 is 0. The minimum Gasteiger partial charge on any atom is -0.508 e. The third-order valence-corrected chi connectivity index (χ3v) is 2.45. The van der Waals surface area contributed by atoms with E-state index in [-0.39, 0.29) is 23.8 Å². The first-order valence-electron chi connectivity index (χ1n) is 5.41. The highest BCUT2D eigenvalue weighted by molar-refractivity contribution is 5.85. The molecule has 0 atom stereocenters. The molecule has 0 aliphatic heterocycles. The third-order valence-electron chi connectivity index (χ3n) is 2.45. The molecule has 0 radical (unpaired) electrons. The van der Waals surface area contributed by atoms with Gasteiger partial charge in [-0.25, -0.2) is 0 Å². The lowest BCUT2D eigenvalue weighted by atomic mass is 10.2. The van der Waals surface area contributed by atoms with Gasteiger partial charge < -0.3 is 10.4 Å². The number of rotatable bonds is 4. The van der Waals surface area contributed by atoms with Gasteiger partial charge in [0.15, 0.2) is 0 Å². The van der Waals surface area contributed by atoms with E-state index >= 15 is 0 Å². The van der Waals surface area contributed by atoms with E-state index < -0.39 is 4.92 Å². The van der Waals surface area contributed by atoms with Crippen molar-refractivity contribution in [3.05, 3.63) is 64.2 Å². The second-order valence-electron chi connectivity index (χ2n) is 3.83. The van der Waals surface area contributed by atoms with Crippen LogP contribution in [0.4, 0.5) is 11.4 Å². The lowest BCUT2D eigenvalue weighted by molar-refractivity contribution is -0.384. The molecule has 0 fully saturated rings. The van der Waals surface area contributed by atoms with Gasteiger partial charge in [-0.1, -0.05) is 30.3 Å². The van der Waals surface area contributed by atoms with Crippen molar-refractivity contribution in [3.8, 4) is 5.75 Å². The van der Waals surface area contributed by atoms with Crippen LogP contribution >= 0.6 is 12.4 Å². The topological polar surface area (TPSA) is 75.4 Å². The van der Waals surface area contributed by atoms with Gasteiger partial charge >= 0.3 is 0 Å². The first-order valence-corrected chi connectivity index (χ1v) is 5.41. The average molecular weight is 281 g/mol. The molecular weight excluding hydrogens is 268 g/mol. The number of nitro groups is 1. The van der Waals surface area contributed by atoms with Crippen LogP contribution in [0.2, 0.25) is 0 Å². The highest BCUT2D eigenvalue weighted by Gasteiger charge is 2.08. The zero-order valence-electron chi connectivity index (χ0n) is 9.95. The maximum Gasteiger partial charge on any atom is 0.275 e. The van der Waals surface area contributed by atoms with Gasteiger partial charge in [-0.3, -0.25) is 10.1 Å². The molecule has 0 amide bonds. The van der Waals surface area contributed by atoms with Crippen molar-refractivity contribution in [2.75, 3.05) is 5.32 Å². The van der Waals surface area contributed by atoms with E-state index in [4.69, 9.17) is 0 Å². The van der Waals surface area contributed by atoms with Gasteiger partial charge in [0.25, 0.3) is 5.69 Å². The average Bonchev–Trinajstić information content (AvgIpc) is 2.37. The minimum atomic E-state index is -0.534. The van der Waals surface area contributed by atoms with E-state index in [9.17, 15) is 15.2 Å². The maximum atomic E-state index is 10.6. The molecule has 2 aromatic carbocycles. The number of non-ortho nitro benzene ring substituents is 1. The Labute approximate surface area is 116 Å². The summed E-state index contributed by atoms with van der Waals surface area (Å²) in [6.07, 6.45) is 0. The molecule has 0 saturated heterocycles. The number of phenolic OH excluding ortho intramolecular Hbond substituents is 1. The van der Waals surface area contributed by atoms with Gasteiger partial charge in [-0.05, 0) is 5.56 Å². The van der Waals surface area contributed by atoms with Crippen LogP contribution < -0.4 is 5.32 Å². The second kappa shape index (κ2) is 6.61. The van der Waals surface area contributed by atoms with Gasteiger partial charge in [0, 0.05) is 24.4 Å². The Morgan fingerprint density at radius 2 is 1.84 bits per heavy atom. The van der Waals surface area contributed by atoms with Crippen LogP contribution in [-0.2, 0) is 6.54 Å². The molecule has 2 aromatic rings. The summed E-state index contributed by atoms with van der Waals surface area (Å²) >= 11 is 0. The highest BCUT2D eigenvalue weighted by Crippen LogP contribution is 2.25. The number of hydrogen-bond donors (Lipinski definition) is 2. The van der Waals surface area contributed by atoms with Crippen LogP contribution in [0, 0.1) is 10.1 Å². The summed E-state index contributed by atoms with van der Waals surface area (Å²) in [6, 6.07) is 13.6. The minimum absolute atomic E-state index is 0. The lowest BCUT2D eigenvalue weighted by Gasteiger charge is -2.06. The SMILES string of the molecule is Cl.O=[N+]([O-])c1cc(O)cc(NCc2ccccc2)c1. The fourth-order valence-corrected chi connectivity index (χ4v) is 1.60. The molecule has 100 valence electrons. The molecule has 0 aromatic heterocycles. The molecule has 6 heteroatoms. The molecule has 2 rings (SSSR count). The van der Waals surface area contributed by atoms with E-state index in [1.165, 1.54) is 12.1 Å². The summed E-state index contributed by atoms with van der Waals surface area (Å²) in [5.74, 6) is -0.125. The Bertz CT molecular complexity index is 561. The van der Waals surface area contributed by atoms with Crippen molar-refractivity contribution < 1.29 is 10.0 Å². The van der Waals surface area contributed by atoms with Crippen molar-refractivity contribution in [1.29, 1.82) is 0 Å². The van der Waals surface area contributed by atoms with Gasteiger partial charge in [0.2, 0.25) is 0 Å². The molecule has 2 N–H and O–H groups in total. The predicted octanol–water partition coefficient (Wildman–Crippen LogP) is 3.33. The second-order valence-corrected chi connectivity index (χ2v) is 3.83. The highest BCUT2D eigenvalue weighted by atomic mass is 35.5.